The molecular formula is C26H36F3N5O2. The molecule has 7 nitrogen and oxygen atoms in total. The van der Waals surface area contributed by atoms with Gasteiger partial charge < -0.3 is 26.0 Å². The fraction of sp³-hybridized carbons (Fsp3) is 0.538. The van der Waals surface area contributed by atoms with Gasteiger partial charge in [0.15, 0.2) is 18.2 Å². The molecule has 1 aliphatic rings. The summed E-state index contributed by atoms with van der Waals surface area (Å²) in [6.45, 7) is 8.64. The minimum absolute atomic E-state index is 0.121. The molecule has 198 valence electrons. The lowest BCUT2D eigenvalue weighted by atomic mass is 9.92. The highest BCUT2D eigenvalue weighted by atomic mass is 19.4. The van der Waals surface area contributed by atoms with Crippen LogP contribution in [0.4, 0.5) is 35.2 Å². The molecule has 1 saturated heterocycles. The van der Waals surface area contributed by atoms with Gasteiger partial charge in [0.25, 0.3) is 0 Å². The molecule has 0 bridgehead atoms. The molecule has 2 heterocycles. The molecule has 0 saturated carbocycles. The van der Waals surface area contributed by atoms with Crippen LogP contribution in [0.25, 0.3) is 0 Å². The van der Waals surface area contributed by atoms with Crippen molar-refractivity contribution in [2.24, 2.45) is 5.92 Å². The third-order valence-corrected chi connectivity index (χ3v) is 6.31. The van der Waals surface area contributed by atoms with Crippen molar-refractivity contribution in [3.05, 3.63) is 41.6 Å². The van der Waals surface area contributed by atoms with E-state index >= 15 is 0 Å². The predicted molar refractivity (Wildman–Crippen MR) is 137 cm³/mol. The average Bonchev–Trinajstić information content (AvgIpc) is 2.82. The number of nitrogens with two attached hydrogens (primary N) is 1. The second kappa shape index (κ2) is 11.7. The number of halogens is 3. The lowest BCUT2D eigenvalue weighted by molar-refractivity contribution is -0.153. The van der Waals surface area contributed by atoms with Crippen LogP contribution in [-0.2, 0) is 0 Å². The van der Waals surface area contributed by atoms with Gasteiger partial charge in [0.1, 0.15) is 0 Å². The van der Waals surface area contributed by atoms with Gasteiger partial charge in [0.05, 0.1) is 0 Å². The molecule has 1 aromatic carbocycles. The zero-order valence-electron chi connectivity index (χ0n) is 21.3. The number of carbonyl (C=O) groups excluding carboxylic acids is 1. The van der Waals surface area contributed by atoms with Gasteiger partial charge in [-0.1, -0.05) is 27.7 Å². The fourth-order valence-electron chi connectivity index (χ4n) is 4.40. The van der Waals surface area contributed by atoms with Crippen LogP contribution in [0.1, 0.15) is 63.5 Å². The van der Waals surface area contributed by atoms with Crippen LogP contribution >= 0.6 is 0 Å². The first-order valence-electron chi connectivity index (χ1n) is 12.3. The number of nitrogen functional groups attached to an aromatic ring is 1. The number of ether oxygens (including phenoxy) is 1. The molecule has 0 aliphatic carbocycles. The molecule has 0 spiro atoms. The van der Waals surface area contributed by atoms with Gasteiger partial charge in [-0.25, -0.2) is 9.78 Å². The normalized spacial score (nSPS) is 14.9. The third kappa shape index (κ3) is 7.41. The van der Waals surface area contributed by atoms with Crippen LogP contribution in [0.15, 0.2) is 30.5 Å². The minimum atomic E-state index is -4.41. The molecule has 4 N–H and O–H groups in total. The van der Waals surface area contributed by atoms with E-state index in [4.69, 9.17) is 10.5 Å². The first-order chi connectivity index (χ1) is 16.9. The summed E-state index contributed by atoms with van der Waals surface area (Å²) in [6.07, 6.45) is -1.33. The predicted octanol–water partition coefficient (Wildman–Crippen LogP) is 5.89. The van der Waals surface area contributed by atoms with Crippen LogP contribution in [0.5, 0.6) is 5.75 Å². The van der Waals surface area contributed by atoms with E-state index in [2.05, 4.69) is 43.3 Å². The van der Waals surface area contributed by atoms with E-state index in [-0.39, 0.29) is 29.5 Å². The van der Waals surface area contributed by atoms with Crippen LogP contribution in [-0.4, -0.2) is 43.4 Å². The Hall–Kier alpha value is -3.17. The van der Waals surface area contributed by atoms with Crippen LogP contribution in [0.2, 0.25) is 0 Å². The Bertz CT molecular complexity index is 1010. The van der Waals surface area contributed by atoms with Crippen molar-refractivity contribution in [2.45, 2.75) is 58.5 Å². The van der Waals surface area contributed by atoms with Gasteiger partial charge in [-0.15, -0.1) is 0 Å². The third-order valence-electron chi connectivity index (χ3n) is 6.31. The van der Waals surface area contributed by atoms with Crippen molar-refractivity contribution in [1.29, 1.82) is 0 Å². The summed E-state index contributed by atoms with van der Waals surface area (Å²) in [5, 5.41) is 6.03. The monoisotopic (exact) mass is 507 g/mol. The van der Waals surface area contributed by atoms with Crippen molar-refractivity contribution < 1.29 is 22.7 Å². The number of anilines is 3. The fourth-order valence-corrected chi connectivity index (χ4v) is 4.40. The van der Waals surface area contributed by atoms with E-state index in [1.165, 1.54) is 6.07 Å². The van der Waals surface area contributed by atoms with Gasteiger partial charge >= 0.3 is 12.2 Å². The summed E-state index contributed by atoms with van der Waals surface area (Å²) in [5.74, 6) is 1.17. The Morgan fingerprint density at radius 1 is 1.17 bits per heavy atom. The maximum absolute atomic E-state index is 12.8. The summed E-state index contributed by atoms with van der Waals surface area (Å²) in [6, 6.07) is 6.61. The van der Waals surface area contributed by atoms with Crippen molar-refractivity contribution in [3.63, 3.8) is 0 Å². The topological polar surface area (TPSA) is 92.5 Å². The van der Waals surface area contributed by atoms with E-state index < -0.39 is 12.8 Å². The van der Waals surface area contributed by atoms with E-state index in [9.17, 15) is 18.0 Å². The number of benzene rings is 1. The van der Waals surface area contributed by atoms with Gasteiger partial charge in [-0.2, -0.15) is 13.2 Å². The van der Waals surface area contributed by atoms with Gasteiger partial charge in [-0.3, -0.25) is 0 Å². The quantitative estimate of drug-likeness (QED) is 0.388. The average molecular weight is 508 g/mol. The van der Waals surface area contributed by atoms with Gasteiger partial charge in [0.2, 0.25) is 0 Å². The van der Waals surface area contributed by atoms with Crippen molar-refractivity contribution in [3.8, 4) is 5.75 Å². The highest BCUT2D eigenvalue weighted by Gasteiger charge is 2.30. The van der Waals surface area contributed by atoms with Crippen molar-refractivity contribution in [2.75, 3.05) is 42.2 Å². The van der Waals surface area contributed by atoms with Gasteiger partial charge in [0, 0.05) is 37.2 Å². The number of alkyl halides is 3. The number of nitrogens with one attached hydrogen (secondary N) is 2. The number of hydrogen-bond acceptors (Lipinski definition) is 5. The largest absolute Gasteiger partial charge is 0.480 e. The molecule has 0 atom stereocenters. The van der Waals surface area contributed by atoms with E-state index in [1.807, 2.05) is 17.0 Å². The molecule has 0 unspecified atom stereocenters. The zero-order chi connectivity index (χ0) is 26.5. The number of carbonyl (C=O) groups is 1. The second-order valence-corrected chi connectivity index (χ2v) is 9.88. The zero-order valence-corrected chi connectivity index (χ0v) is 21.3. The molecule has 0 radical (unpaired) electrons. The smallest absolute Gasteiger partial charge is 0.422 e. The maximum atomic E-state index is 12.8. The number of nitrogens with zero attached hydrogens (tertiary/aromatic N) is 2. The second-order valence-electron chi connectivity index (χ2n) is 9.88. The summed E-state index contributed by atoms with van der Waals surface area (Å²) in [5.41, 5.74) is 9.59. The van der Waals surface area contributed by atoms with Crippen molar-refractivity contribution >= 4 is 23.2 Å². The van der Waals surface area contributed by atoms with Crippen LogP contribution < -0.4 is 26.0 Å². The number of pyridine rings is 1. The number of aromatic nitrogens is 1. The number of urea groups is 1. The Morgan fingerprint density at radius 3 is 2.33 bits per heavy atom. The molecule has 2 aromatic rings. The Labute approximate surface area is 210 Å². The molecule has 3 rings (SSSR count). The summed E-state index contributed by atoms with van der Waals surface area (Å²) in [7, 11) is 0. The first-order valence-corrected chi connectivity index (χ1v) is 12.3. The highest BCUT2D eigenvalue weighted by Crippen LogP contribution is 2.35. The van der Waals surface area contributed by atoms with Crippen LogP contribution in [0, 0.1) is 5.92 Å². The lowest BCUT2D eigenvalue weighted by Crippen LogP contribution is -2.40. The summed E-state index contributed by atoms with van der Waals surface area (Å²) >= 11 is 0. The summed E-state index contributed by atoms with van der Waals surface area (Å²) in [4.78, 5) is 19.0. The van der Waals surface area contributed by atoms with E-state index in [0.717, 1.165) is 29.7 Å². The van der Waals surface area contributed by atoms with E-state index in [0.29, 0.717) is 31.1 Å². The standard InChI is InChI=1S/C26H36F3N5O2/c1-16(2)20-12-19(30)13-21(17(3)4)23(20)33-25(35)32-14-18-7-10-34(11-8-18)24-22(6-5-9-31-24)36-15-26(27,28)29/h5-6,9,12-13,16-18H,7-8,10-11,14-15,30H2,1-4H3,(H2,32,33,35). The Morgan fingerprint density at radius 2 is 1.78 bits per heavy atom. The molecule has 36 heavy (non-hydrogen) atoms. The number of piperidine rings is 1. The van der Waals surface area contributed by atoms with E-state index in [1.54, 1.807) is 12.3 Å². The summed E-state index contributed by atoms with van der Waals surface area (Å²) < 4.78 is 42.7. The molecule has 1 fully saturated rings. The Kier molecular flexibility index (Phi) is 8.92. The molecule has 2 amide bonds. The van der Waals surface area contributed by atoms with Crippen molar-refractivity contribution in [1.82, 2.24) is 10.3 Å². The SMILES string of the molecule is CC(C)c1cc(N)cc(C(C)C)c1NC(=O)NCC1CCN(c2ncccc2OCC(F)(F)F)CC1. The molecule has 10 heteroatoms. The number of hydrogen-bond donors (Lipinski definition) is 3. The highest BCUT2D eigenvalue weighted by molar-refractivity contribution is 5.92. The number of amides is 2. The molecule has 1 aromatic heterocycles. The minimum Gasteiger partial charge on any atom is -0.480 e. The first kappa shape index (κ1) is 27.4. The van der Waals surface area contributed by atoms with Gasteiger partial charge in [-0.05, 0) is 66.0 Å². The van der Waals surface area contributed by atoms with Crippen LogP contribution in [0.3, 0.4) is 0 Å². The Balaban J connectivity index is 1.56. The number of rotatable bonds is 8. The maximum Gasteiger partial charge on any atom is 0.422 e. The lowest BCUT2D eigenvalue weighted by Gasteiger charge is -2.33. The molecule has 1 aliphatic heterocycles. The molecular weight excluding hydrogens is 471 g/mol.